The zero-order chi connectivity index (χ0) is 13.2. The van der Waals surface area contributed by atoms with E-state index in [9.17, 15) is 18.0 Å². The summed E-state index contributed by atoms with van der Waals surface area (Å²) in [6, 6.07) is 0. The second-order valence-corrected chi connectivity index (χ2v) is 4.06. The quantitative estimate of drug-likeness (QED) is 0.597. The van der Waals surface area contributed by atoms with Crippen LogP contribution in [0.1, 0.15) is 10.4 Å². The molecule has 1 rings (SSSR count). The summed E-state index contributed by atoms with van der Waals surface area (Å²) in [5.74, 6) is -0.771. The standard InChI is InChI=1S/C8H4ClF3INO3/c1-16-7-4(6(9)15)5(13)3(2-14-7)17-8(10,11)12/h2H,1H3. The molecule has 0 spiro atoms. The summed E-state index contributed by atoms with van der Waals surface area (Å²) in [6.45, 7) is 0. The number of aromatic nitrogens is 1. The topological polar surface area (TPSA) is 48.4 Å². The summed E-state index contributed by atoms with van der Waals surface area (Å²) in [7, 11) is 1.21. The van der Waals surface area contributed by atoms with Gasteiger partial charge in [-0.3, -0.25) is 4.79 Å². The summed E-state index contributed by atoms with van der Waals surface area (Å²) in [4.78, 5) is 14.6. The average molecular weight is 381 g/mol. The lowest BCUT2D eigenvalue weighted by molar-refractivity contribution is -0.275. The van der Waals surface area contributed by atoms with E-state index in [-0.39, 0.29) is 15.0 Å². The van der Waals surface area contributed by atoms with Crippen molar-refractivity contribution in [3.8, 4) is 11.6 Å². The molecule has 0 unspecified atom stereocenters. The van der Waals surface area contributed by atoms with E-state index >= 15 is 0 Å². The molecule has 0 aliphatic rings. The maximum atomic E-state index is 12.0. The molecule has 0 aliphatic heterocycles. The van der Waals surface area contributed by atoms with Crippen LogP contribution in [0.2, 0.25) is 0 Å². The average Bonchev–Trinajstić information content (AvgIpc) is 2.18. The van der Waals surface area contributed by atoms with E-state index in [1.165, 1.54) is 29.7 Å². The number of hydrogen-bond acceptors (Lipinski definition) is 4. The molecule has 17 heavy (non-hydrogen) atoms. The van der Waals surface area contributed by atoms with Gasteiger partial charge in [-0.25, -0.2) is 4.98 Å². The van der Waals surface area contributed by atoms with Crippen molar-refractivity contribution in [1.82, 2.24) is 4.98 Å². The Morgan fingerprint density at radius 2 is 2.12 bits per heavy atom. The number of alkyl halides is 3. The Balaban J connectivity index is 3.28. The number of halogens is 5. The van der Waals surface area contributed by atoms with Crippen molar-refractivity contribution in [2.45, 2.75) is 6.36 Å². The van der Waals surface area contributed by atoms with E-state index < -0.39 is 17.4 Å². The van der Waals surface area contributed by atoms with Crippen LogP contribution in [0.4, 0.5) is 13.2 Å². The number of rotatable bonds is 3. The van der Waals surface area contributed by atoms with E-state index in [1.54, 1.807) is 0 Å². The third-order valence-corrected chi connectivity index (χ3v) is 2.82. The monoisotopic (exact) mass is 381 g/mol. The van der Waals surface area contributed by atoms with Crippen LogP contribution in [0.25, 0.3) is 0 Å². The smallest absolute Gasteiger partial charge is 0.480 e. The highest BCUT2D eigenvalue weighted by Crippen LogP contribution is 2.33. The van der Waals surface area contributed by atoms with Gasteiger partial charge in [-0.15, -0.1) is 13.2 Å². The highest BCUT2D eigenvalue weighted by atomic mass is 127. The van der Waals surface area contributed by atoms with Gasteiger partial charge in [-0.05, 0) is 34.2 Å². The van der Waals surface area contributed by atoms with Crippen molar-refractivity contribution < 1.29 is 27.4 Å². The molecule has 0 saturated carbocycles. The lowest BCUT2D eigenvalue weighted by atomic mass is 10.3. The number of ether oxygens (including phenoxy) is 2. The fourth-order valence-corrected chi connectivity index (χ4v) is 2.04. The molecule has 0 aliphatic carbocycles. The highest BCUT2D eigenvalue weighted by molar-refractivity contribution is 14.1. The molecule has 9 heteroatoms. The normalized spacial score (nSPS) is 11.2. The van der Waals surface area contributed by atoms with Crippen LogP contribution in [0.5, 0.6) is 11.6 Å². The van der Waals surface area contributed by atoms with Gasteiger partial charge in [0.1, 0.15) is 5.56 Å². The zero-order valence-electron chi connectivity index (χ0n) is 8.14. The van der Waals surface area contributed by atoms with Gasteiger partial charge in [0.2, 0.25) is 5.88 Å². The molecule has 4 nitrogen and oxygen atoms in total. The number of hydrogen-bond donors (Lipinski definition) is 0. The maximum absolute atomic E-state index is 12.0. The summed E-state index contributed by atoms with van der Waals surface area (Å²) >= 11 is 6.73. The van der Waals surface area contributed by atoms with Crippen LogP contribution < -0.4 is 9.47 Å². The van der Waals surface area contributed by atoms with Gasteiger partial charge in [-0.2, -0.15) is 0 Å². The highest BCUT2D eigenvalue weighted by Gasteiger charge is 2.33. The predicted molar refractivity (Wildman–Crippen MR) is 60.4 cm³/mol. The molecule has 0 fully saturated rings. The van der Waals surface area contributed by atoms with Crippen molar-refractivity contribution in [3.05, 3.63) is 15.3 Å². The Bertz CT molecular complexity index is 452. The molecule has 0 N–H and O–H groups in total. The molecular weight excluding hydrogens is 377 g/mol. The molecule has 0 atom stereocenters. The maximum Gasteiger partial charge on any atom is 0.573 e. The van der Waals surface area contributed by atoms with Crippen LogP contribution in [-0.2, 0) is 0 Å². The molecular formula is C8H4ClF3INO3. The van der Waals surface area contributed by atoms with E-state index in [4.69, 9.17) is 16.3 Å². The van der Waals surface area contributed by atoms with Crippen LogP contribution in [0.15, 0.2) is 6.20 Å². The van der Waals surface area contributed by atoms with Gasteiger partial charge in [0, 0.05) is 0 Å². The third kappa shape index (κ3) is 3.60. The van der Waals surface area contributed by atoms with Gasteiger partial charge in [0.15, 0.2) is 5.75 Å². The third-order valence-electron chi connectivity index (χ3n) is 1.56. The summed E-state index contributed by atoms with van der Waals surface area (Å²) in [5, 5.41) is -0.980. The number of carbonyl (C=O) groups is 1. The number of pyridine rings is 1. The predicted octanol–water partition coefficient (Wildman–Crippen LogP) is 2.97. The minimum absolute atomic E-state index is 0.119. The largest absolute Gasteiger partial charge is 0.573 e. The van der Waals surface area contributed by atoms with E-state index in [0.717, 1.165) is 6.20 Å². The Labute approximate surface area is 112 Å². The van der Waals surface area contributed by atoms with E-state index in [2.05, 4.69) is 9.72 Å². The van der Waals surface area contributed by atoms with Gasteiger partial charge in [-0.1, -0.05) is 0 Å². The lowest BCUT2D eigenvalue weighted by Crippen LogP contribution is -2.19. The van der Waals surface area contributed by atoms with Crippen molar-refractivity contribution in [2.75, 3.05) is 7.11 Å². The Morgan fingerprint density at radius 3 is 2.53 bits per heavy atom. The first-order valence-electron chi connectivity index (χ1n) is 3.94. The van der Waals surface area contributed by atoms with E-state index in [1.807, 2.05) is 0 Å². The molecule has 94 valence electrons. The number of nitrogens with zero attached hydrogens (tertiary/aromatic N) is 1. The summed E-state index contributed by atoms with van der Waals surface area (Å²) < 4.78 is 44.4. The summed E-state index contributed by atoms with van der Waals surface area (Å²) in [6.07, 6.45) is -4.07. The molecule has 0 amide bonds. The van der Waals surface area contributed by atoms with Crippen LogP contribution in [0, 0.1) is 3.57 Å². The van der Waals surface area contributed by atoms with Crippen molar-refractivity contribution in [2.24, 2.45) is 0 Å². The van der Waals surface area contributed by atoms with Crippen LogP contribution in [-0.4, -0.2) is 23.7 Å². The first-order chi connectivity index (χ1) is 7.76. The molecule has 1 heterocycles. The minimum Gasteiger partial charge on any atom is -0.480 e. The van der Waals surface area contributed by atoms with Crippen molar-refractivity contribution in [1.29, 1.82) is 0 Å². The Morgan fingerprint density at radius 1 is 1.53 bits per heavy atom. The van der Waals surface area contributed by atoms with E-state index in [0.29, 0.717) is 0 Å². The summed E-state index contributed by atoms with van der Waals surface area (Å²) in [5.41, 5.74) is -0.267. The molecule has 0 bridgehead atoms. The first kappa shape index (κ1) is 14.3. The van der Waals surface area contributed by atoms with Crippen molar-refractivity contribution >= 4 is 39.4 Å². The number of methoxy groups -OCH3 is 1. The second-order valence-electron chi connectivity index (χ2n) is 2.64. The fourth-order valence-electron chi connectivity index (χ4n) is 0.977. The van der Waals surface area contributed by atoms with Gasteiger partial charge >= 0.3 is 6.36 Å². The fraction of sp³-hybridized carbons (Fsp3) is 0.250. The molecule has 0 saturated heterocycles. The molecule has 0 radical (unpaired) electrons. The molecule has 0 aromatic carbocycles. The van der Waals surface area contributed by atoms with Gasteiger partial charge < -0.3 is 9.47 Å². The Kier molecular flexibility index (Phi) is 4.42. The second kappa shape index (κ2) is 5.25. The lowest BCUT2D eigenvalue weighted by Gasteiger charge is -2.13. The van der Waals surface area contributed by atoms with Gasteiger partial charge in [0.25, 0.3) is 5.24 Å². The zero-order valence-corrected chi connectivity index (χ0v) is 11.1. The van der Waals surface area contributed by atoms with Gasteiger partial charge in [0.05, 0.1) is 16.9 Å². The molecule has 1 aromatic heterocycles. The van der Waals surface area contributed by atoms with Crippen LogP contribution >= 0.6 is 34.2 Å². The van der Waals surface area contributed by atoms with Crippen molar-refractivity contribution in [3.63, 3.8) is 0 Å². The van der Waals surface area contributed by atoms with Crippen LogP contribution in [0.3, 0.4) is 0 Å². The molecule has 1 aromatic rings. The number of carbonyl (C=O) groups excluding carboxylic acids is 1. The minimum atomic E-state index is -4.87. The first-order valence-corrected chi connectivity index (χ1v) is 5.40. The Hall–Kier alpha value is -0.770. The SMILES string of the molecule is COc1ncc(OC(F)(F)F)c(I)c1C(=O)Cl.